The number of nitrogens with zero attached hydrogens (tertiary/aromatic N) is 2. The fourth-order valence-electron chi connectivity index (χ4n) is 2.47. The van der Waals surface area contributed by atoms with Crippen LogP contribution in [0.15, 0.2) is 48.5 Å². The van der Waals surface area contributed by atoms with Crippen LogP contribution in [0.25, 0.3) is 0 Å². The minimum absolute atomic E-state index is 0.666. The Labute approximate surface area is 161 Å². The summed E-state index contributed by atoms with van der Waals surface area (Å²) in [5.74, 6) is 1.44. The van der Waals surface area contributed by atoms with Crippen molar-refractivity contribution in [3.63, 3.8) is 0 Å². The Kier molecular flexibility index (Phi) is 7.69. The first kappa shape index (κ1) is 20.0. The van der Waals surface area contributed by atoms with Gasteiger partial charge in [0.05, 0.1) is 19.9 Å². The highest BCUT2D eigenvalue weighted by Crippen LogP contribution is 2.29. The van der Waals surface area contributed by atoms with Gasteiger partial charge in [0, 0.05) is 25.7 Å². The zero-order valence-corrected chi connectivity index (χ0v) is 16.7. The smallest absolute Gasteiger partial charge is 0.173 e. The molecule has 0 fully saturated rings. The monoisotopic (exact) mass is 373 g/mol. The zero-order chi connectivity index (χ0) is 18.9. The second-order valence-corrected chi connectivity index (χ2v) is 6.59. The van der Waals surface area contributed by atoms with E-state index in [1.807, 2.05) is 36.4 Å². The summed E-state index contributed by atoms with van der Waals surface area (Å²) in [5.41, 5.74) is 2.04. The van der Waals surface area contributed by atoms with Crippen LogP contribution >= 0.6 is 12.2 Å². The van der Waals surface area contributed by atoms with Crippen LogP contribution in [0, 0.1) is 0 Å². The van der Waals surface area contributed by atoms with E-state index >= 15 is 0 Å². The molecule has 140 valence electrons. The fourth-order valence-corrected chi connectivity index (χ4v) is 2.74. The van der Waals surface area contributed by atoms with Crippen molar-refractivity contribution in [1.82, 2.24) is 9.80 Å². The quantitative estimate of drug-likeness (QED) is 0.714. The molecule has 0 bridgehead atoms. The van der Waals surface area contributed by atoms with Gasteiger partial charge in [0.15, 0.2) is 5.11 Å². The maximum Gasteiger partial charge on any atom is 0.173 e. The SMILES string of the molecule is COc1ccc(NC(=S)N(CCN(C)C)Cc2ccccc2)c(OC)c1. The summed E-state index contributed by atoms with van der Waals surface area (Å²) in [6, 6.07) is 16.0. The molecular weight excluding hydrogens is 346 g/mol. The highest BCUT2D eigenvalue weighted by molar-refractivity contribution is 7.80. The van der Waals surface area contributed by atoms with Gasteiger partial charge < -0.3 is 24.6 Å². The standard InChI is InChI=1S/C20H27N3O2S/c1-22(2)12-13-23(15-16-8-6-5-7-9-16)20(26)21-18-11-10-17(24-3)14-19(18)25-4/h5-11,14H,12-13,15H2,1-4H3,(H,21,26). The minimum atomic E-state index is 0.666. The number of nitrogens with one attached hydrogen (secondary N) is 1. The number of benzene rings is 2. The molecular formula is C20H27N3O2S. The average Bonchev–Trinajstić information content (AvgIpc) is 2.66. The lowest BCUT2D eigenvalue weighted by atomic mass is 10.2. The number of hydrogen-bond donors (Lipinski definition) is 1. The molecule has 0 aliphatic carbocycles. The third-order valence-electron chi connectivity index (χ3n) is 3.97. The number of likely N-dealkylation sites (N-methyl/N-ethyl adjacent to an activating group) is 1. The maximum atomic E-state index is 5.69. The molecule has 2 aromatic carbocycles. The molecule has 26 heavy (non-hydrogen) atoms. The highest BCUT2D eigenvalue weighted by Gasteiger charge is 2.13. The first-order valence-electron chi connectivity index (χ1n) is 8.50. The summed E-state index contributed by atoms with van der Waals surface area (Å²) >= 11 is 5.69. The predicted octanol–water partition coefficient (Wildman–Crippen LogP) is 3.46. The summed E-state index contributed by atoms with van der Waals surface area (Å²) in [4.78, 5) is 4.31. The molecule has 0 spiro atoms. The van der Waals surface area contributed by atoms with Gasteiger partial charge in [0.1, 0.15) is 11.5 Å². The van der Waals surface area contributed by atoms with Crippen molar-refractivity contribution < 1.29 is 9.47 Å². The molecule has 1 N–H and O–H groups in total. The van der Waals surface area contributed by atoms with E-state index in [0.717, 1.165) is 31.1 Å². The van der Waals surface area contributed by atoms with Crippen LogP contribution in [-0.4, -0.2) is 56.3 Å². The molecule has 0 saturated heterocycles. The number of anilines is 1. The Balaban J connectivity index is 2.14. The van der Waals surface area contributed by atoms with Gasteiger partial charge in [-0.2, -0.15) is 0 Å². The number of ether oxygens (including phenoxy) is 2. The Bertz CT molecular complexity index is 707. The van der Waals surface area contributed by atoms with Gasteiger partial charge in [-0.25, -0.2) is 0 Å². The lowest BCUT2D eigenvalue weighted by Crippen LogP contribution is -2.38. The van der Waals surface area contributed by atoms with Crippen LogP contribution in [0.4, 0.5) is 5.69 Å². The molecule has 2 aromatic rings. The molecule has 0 atom stereocenters. The summed E-state index contributed by atoms with van der Waals surface area (Å²) in [7, 11) is 7.39. The second-order valence-electron chi connectivity index (χ2n) is 6.21. The van der Waals surface area contributed by atoms with E-state index in [1.54, 1.807) is 14.2 Å². The third-order valence-corrected chi connectivity index (χ3v) is 4.33. The molecule has 0 amide bonds. The van der Waals surface area contributed by atoms with E-state index in [1.165, 1.54) is 5.56 Å². The fraction of sp³-hybridized carbons (Fsp3) is 0.350. The minimum Gasteiger partial charge on any atom is -0.497 e. The molecule has 0 unspecified atom stereocenters. The van der Waals surface area contributed by atoms with E-state index in [4.69, 9.17) is 21.7 Å². The largest absolute Gasteiger partial charge is 0.497 e. The van der Waals surface area contributed by atoms with Gasteiger partial charge in [-0.3, -0.25) is 0 Å². The first-order valence-corrected chi connectivity index (χ1v) is 8.91. The molecule has 0 saturated carbocycles. The van der Waals surface area contributed by atoms with E-state index in [2.05, 4.69) is 41.3 Å². The molecule has 0 heterocycles. The summed E-state index contributed by atoms with van der Waals surface area (Å²) < 4.78 is 10.7. The highest BCUT2D eigenvalue weighted by atomic mass is 32.1. The number of hydrogen-bond acceptors (Lipinski definition) is 4. The Hall–Kier alpha value is -2.31. The van der Waals surface area contributed by atoms with Crippen molar-refractivity contribution in [3.8, 4) is 11.5 Å². The van der Waals surface area contributed by atoms with Crippen LogP contribution in [0.3, 0.4) is 0 Å². The van der Waals surface area contributed by atoms with Crippen molar-refractivity contribution in [1.29, 1.82) is 0 Å². The molecule has 0 aliphatic heterocycles. The predicted molar refractivity (Wildman–Crippen MR) is 111 cm³/mol. The molecule has 5 nitrogen and oxygen atoms in total. The lowest BCUT2D eigenvalue weighted by Gasteiger charge is -2.28. The first-order chi connectivity index (χ1) is 12.5. The van der Waals surface area contributed by atoms with Gasteiger partial charge in [-0.1, -0.05) is 30.3 Å². The van der Waals surface area contributed by atoms with E-state index in [9.17, 15) is 0 Å². The summed E-state index contributed by atoms with van der Waals surface area (Å²) in [6.45, 7) is 2.49. The number of methoxy groups -OCH3 is 2. The third kappa shape index (κ3) is 5.89. The van der Waals surface area contributed by atoms with Crippen molar-refractivity contribution in [2.45, 2.75) is 6.54 Å². The second kappa shape index (κ2) is 9.99. The van der Waals surface area contributed by atoms with Crippen molar-refractivity contribution in [3.05, 3.63) is 54.1 Å². The average molecular weight is 374 g/mol. The van der Waals surface area contributed by atoms with Gasteiger partial charge in [-0.15, -0.1) is 0 Å². The number of rotatable bonds is 8. The van der Waals surface area contributed by atoms with Crippen LogP contribution in [0.5, 0.6) is 11.5 Å². The molecule has 6 heteroatoms. The van der Waals surface area contributed by atoms with E-state index in [-0.39, 0.29) is 0 Å². The molecule has 0 aliphatic rings. The van der Waals surface area contributed by atoms with Crippen LogP contribution in [0.2, 0.25) is 0 Å². The van der Waals surface area contributed by atoms with E-state index < -0.39 is 0 Å². The van der Waals surface area contributed by atoms with Crippen LogP contribution in [0.1, 0.15) is 5.56 Å². The van der Waals surface area contributed by atoms with Gasteiger partial charge in [0.25, 0.3) is 0 Å². The van der Waals surface area contributed by atoms with Crippen molar-refractivity contribution >= 4 is 23.0 Å². The summed E-state index contributed by atoms with van der Waals surface area (Å²) in [6.07, 6.45) is 0. The number of thiocarbonyl (C=S) groups is 1. The maximum absolute atomic E-state index is 5.69. The Morgan fingerprint density at radius 1 is 1.00 bits per heavy atom. The zero-order valence-electron chi connectivity index (χ0n) is 15.9. The normalized spacial score (nSPS) is 10.5. The topological polar surface area (TPSA) is 37.0 Å². The van der Waals surface area contributed by atoms with Crippen molar-refractivity contribution in [2.24, 2.45) is 0 Å². The molecule has 0 aromatic heterocycles. The lowest BCUT2D eigenvalue weighted by molar-refractivity contribution is 0.328. The van der Waals surface area contributed by atoms with Crippen LogP contribution < -0.4 is 14.8 Å². The summed E-state index contributed by atoms with van der Waals surface area (Å²) in [5, 5.41) is 3.98. The van der Waals surface area contributed by atoms with Gasteiger partial charge in [0.2, 0.25) is 0 Å². The van der Waals surface area contributed by atoms with Crippen LogP contribution in [-0.2, 0) is 6.54 Å². The Morgan fingerprint density at radius 2 is 1.73 bits per heavy atom. The van der Waals surface area contributed by atoms with Gasteiger partial charge in [-0.05, 0) is 44.0 Å². The Morgan fingerprint density at radius 3 is 2.35 bits per heavy atom. The van der Waals surface area contributed by atoms with Crippen molar-refractivity contribution in [2.75, 3.05) is 46.7 Å². The van der Waals surface area contributed by atoms with E-state index in [0.29, 0.717) is 10.9 Å². The van der Waals surface area contributed by atoms with Gasteiger partial charge >= 0.3 is 0 Å². The molecule has 2 rings (SSSR count). The molecule has 0 radical (unpaired) electrons.